The molecule has 142 valence electrons. The standard InChI is InChI=1S/C20H28N2O4/c1-14(2)13-21(16-7-4-3-5-8-16)17-9-6-10-18(19(17)22(24)25)26-20(23)15-11-12-15/h6,9-10,14-16H,3-5,7-8,11-13H2,1-2H3. The van der Waals surface area contributed by atoms with Gasteiger partial charge in [0.05, 0.1) is 10.8 Å². The summed E-state index contributed by atoms with van der Waals surface area (Å²) in [4.78, 5) is 25.7. The summed E-state index contributed by atoms with van der Waals surface area (Å²) < 4.78 is 5.41. The molecule has 0 atom stereocenters. The molecule has 0 amide bonds. The second kappa shape index (κ2) is 8.06. The van der Waals surface area contributed by atoms with E-state index in [-0.39, 0.29) is 23.3 Å². The highest BCUT2D eigenvalue weighted by Gasteiger charge is 2.35. The van der Waals surface area contributed by atoms with E-state index in [2.05, 4.69) is 18.7 Å². The molecular formula is C20H28N2O4. The highest BCUT2D eigenvalue weighted by Crippen LogP contribution is 2.41. The number of benzene rings is 1. The van der Waals surface area contributed by atoms with Gasteiger partial charge in [0, 0.05) is 12.6 Å². The van der Waals surface area contributed by atoms with Gasteiger partial charge in [0.1, 0.15) is 5.69 Å². The van der Waals surface area contributed by atoms with E-state index in [4.69, 9.17) is 4.74 Å². The zero-order chi connectivity index (χ0) is 18.7. The molecule has 3 rings (SSSR count). The van der Waals surface area contributed by atoms with Crippen molar-refractivity contribution >= 4 is 17.3 Å². The predicted octanol–water partition coefficient (Wildman–Crippen LogP) is 4.71. The molecule has 1 aromatic carbocycles. The summed E-state index contributed by atoms with van der Waals surface area (Å²) in [6.45, 7) is 5.00. The van der Waals surface area contributed by atoms with Crippen molar-refractivity contribution in [1.82, 2.24) is 0 Å². The van der Waals surface area contributed by atoms with Crippen molar-refractivity contribution in [3.05, 3.63) is 28.3 Å². The lowest BCUT2D eigenvalue weighted by molar-refractivity contribution is -0.385. The maximum atomic E-state index is 12.1. The van der Waals surface area contributed by atoms with E-state index in [1.807, 2.05) is 0 Å². The molecule has 0 bridgehead atoms. The van der Waals surface area contributed by atoms with Crippen LogP contribution in [-0.4, -0.2) is 23.5 Å². The fourth-order valence-electron chi connectivity index (χ4n) is 3.75. The molecule has 2 aliphatic rings. The normalized spacial score (nSPS) is 18.0. The minimum Gasteiger partial charge on any atom is -0.419 e. The van der Waals surface area contributed by atoms with Crippen molar-refractivity contribution in [1.29, 1.82) is 0 Å². The number of para-hydroxylation sites is 1. The molecule has 2 aliphatic carbocycles. The quantitative estimate of drug-likeness (QED) is 0.305. The van der Waals surface area contributed by atoms with Crippen LogP contribution in [0, 0.1) is 22.0 Å². The molecule has 6 nitrogen and oxygen atoms in total. The molecule has 0 N–H and O–H groups in total. The van der Waals surface area contributed by atoms with Crippen molar-refractivity contribution in [2.24, 2.45) is 11.8 Å². The second-order valence-corrected chi connectivity index (χ2v) is 7.91. The van der Waals surface area contributed by atoms with E-state index in [0.717, 1.165) is 45.1 Å². The smallest absolute Gasteiger partial charge is 0.334 e. The Morgan fingerprint density at radius 3 is 2.50 bits per heavy atom. The van der Waals surface area contributed by atoms with E-state index in [1.165, 1.54) is 12.5 Å². The molecule has 2 saturated carbocycles. The summed E-state index contributed by atoms with van der Waals surface area (Å²) >= 11 is 0. The monoisotopic (exact) mass is 360 g/mol. The van der Waals surface area contributed by atoms with E-state index in [9.17, 15) is 14.9 Å². The Hall–Kier alpha value is -2.11. The van der Waals surface area contributed by atoms with Crippen LogP contribution in [0.25, 0.3) is 0 Å². The maximum absolute atomic E-state index is 12.1. The molecule has 0 aliphatic heterocycles. The number of esters is 1. The Kier molecular flexibility index (Phi) is 5.79. The van der Waals surface area contributed by atoms with Crippen molar-refractivity contribution in [2.75, 3.05) is 11.4 Å². The lowest BCUT2D eigenvalue weighted by Crippen LogP contribution is -2.39. The molecule has 0 unspecified atom stereocenters. The minimum atomic E-state index is -0.402. The average Bonchev–Trinajstić information content (AvgIpc) is 3.45. The van der Waals surface area contributed by atoms with Crippen LogP contribution in [-0.2, 0) is 4.79 Å². The molecule has 6 heteroatoms. The number of hydrogen-bond donors (Lipinski definition) is 0. The van der Waals surface area contributed by atoms with E-state index >= 15 is 0 Å². The van der Waals surface area contributed by atoms with Crippen LogP contribution >= 0.6 is 0 Å². The number of carbonyl (C=O) groups is 1. The first kappa shape index (κ1) is 18.7. The number of hydrogen-bond acceptors (Lipinski definition) is 5. The summed E-state index contributed by atoms with van der Waals surface area (Å²) in [5.41, 5.74) is 0.504. The van der Waals surface area contributed by atoms with Crippen molar-refractivity contribution in [3.63, 3.8) is 0 Å². The Morgan fingerprint density at radius 1 is 1.23 bits per heavy atom. The Bertz CT molecular complexity index is 664. The van der Waals surface area contributed by atoms with Gasteiger partial charge in [0.2, 0.25) is 5.75 Å². The molecule has 0 radical (unpaired) electrons. The Labute approximate surface area is 154 Å². The van der Waals surface area contributed by atoms with Crippen molar-refractivity contribution in [3.8, 4) is 5.75 Å². The second-order valence-electron chi connectivity index (χ2n) is 7.91. The third-order valence-electron chi connectivity index (χ3n) is 5.17. The molecule has 26 heavy (non-hydrogen) atoms. The zero-order valence-corrected chi connectivity index (χ0v) is 15.6. The lowest BCUT2D eigenvalue weighted by atomic mass is 9.93. The zero-order valence-electron chi connectivity index (χ0n) is 15.6. The van der Waals surface area contributed by atoms with Gasteiger partial charge in [0.25, 0.3) is 0 Å². The van der Waals surface area contributed by atoms with Crippen molar-refractivity contribution in [2.45, 2.75) is 64.8 Å². The summed E-state index contributed by atoms with van der Waals surface area (Å²) in [6, 6.07) is 5.40. The van der Waals surface area contributed by atoms with Crippen LogP contribution in [0.2, 0.25) is 0 Å². The van der Waals surface area contributed by atoms with Gasteiger partial charge in [-0.15, -0.1) is 0 Å². The highest BCUT2D eigenvalue weighted by molar-refractivity contribution is 5.80. The molecule has 0 aromatic heterocycles. The molecular weight excluding hydrogens is 332 g/mol. The predicted molar refractivity (Wildman–Crippen MR) is 101 cm³/mol. The first-order chi connectivity index (χ1) is 12.5. The number of nitro groups is 1. The number of carbonyl (C=O) groups excluding carboxylic acids is 1. The summed E-state index contributed by atoms with van der Waals surface area (Å²) in [7, 11) is 0. The Morgan fingerprint density at radius 2 is 1.92 bits per heavy atom. The van der Waals surface area contributed by atoms with Gasteiger partial charge in [-0.05, 0) is 43.7 Å². The molecule has 0 heterocycles. The fraction of sp³-hybridized carbons (Fsp3) is 0.650. The topological polar surface area (TPSA) is 72.7 Å². The molecule has 1 aromatic rings. The maximum Gasteiger partial charge on any atom is 0.334 e. The summed E-state index contributed by atoms with van der Waals surface area (Å²) in [5, 5.41) is 11.9. The van der Waals surface area contributed by atoms with Gasteiger partial charge in [0.15, 0.2) is 0 Å². The van der Waals surface area contributed by atoms with Crippen LogP contribution in [0.1, 0.15) is 58.8 Å². The van der Waals surface area contributed by atoms with E-state index in [0.29, 0.717) is 17.6 Å². The number of anilines is 1. The fourth-order valence-corrected chi connectivity index (χ4v) is 3.75. The van der Waals surface area contributed by atoms with Crippen LogP contribution in [0.15, 0.2) is 18.2 Å². The SMILES string of the molecule is CC(C)CN(c1cccc(OC(=O)C2CC2)c1[N+](=O)[O-])C1CCCCC1. The van der Waals surface area contributed by atoms with E-state index in [1.54, 1.807) is 12.1 Å². The number of nitrogens with zero attached hydrogens (tertiary/aromatic N) is 2. The third kappa shape index (κ3) is 4.34. The van der Waals surface area contributed by atoms with Crippen molar-refractivity contribution < 1.29 is 14.5 Å². The third-order valence-corrected chi connectivity index (χ3v) is 5.17. The molecule has 0 spiro atoms. The number of nitro benzene ring substituents is 1. The molecule has 0 saturated heterocycles. The average molecular weight is 360 g/mol. The highest BCUT2D eigenvalue weighted by atomic mass is 16.6. The van der Waals surface area contributed by atoms with Gasteiger partial charge in [-0.25, -0.2) is 0 Å². The summed E-state index contributed by atoms with van der Waals surface area (Å²) in [5.74, 6) is 0.0184. The van der Waals surface area contributed by atoms with Crippen LogP contribution in [0.3, 0.4) is 0 Å². The van der Waals surface area contributed by atoms with E-state index < -0.39 is 4.92 Å². The summed E-state index contributed by atoms with van der Waals surface area (Å²) in [6.07, 6.45) is 7.27. The first-order valence-electron chi connectivity index (χ1n) is 9.73. The number of ether oxygens (including phenoxy) is 1. The van der Waals surface area contributed by atoms with Crippen LogP contribution in [0.4, 0.5) is 11.4 Å². The minimum absolute atomic E-state index is 0.0762. The lowest BCUT2D eigenvalue weighted by Gasteiger charge is -2.37. The first-order valence-corrected chi connectivity index (χ1v) is 9.73. The van der Waals surface area contributed by atoms with Gasteiger partial charge < -0.3 is 9.64 Å². The Balaban J connectivity index is 1.96. The van der Waals surface area contributed by atoms with Crippen LogP contribution < -0.4 is 9.64 Å². The van der Waals surface area contributed by atoms with Gasteiger partial charge in [-0.1, -0.05) is 39.2 Å². The van der Waals surface area contributed by atoms with Crippen LogP contribution in [0.5, 0.6) is 5.75 Å². The van der Waals surface area contributed by atoms with Gasteiger partial charge >= 0.3 is 11.7 Å². The largest absolute Gasteiger partial charge is 0.419 e. The van der Waals surface area contributed by atoms with Gasteiger partial charge in [-0.3, -0.25) is 14.9 Å². The molecule has 2 fully saturated rings. The van der Waals surface area contributed by atoms with Gasteiger partial charge in [-0.2, -0.15) is 0 Å². The number of rotatable bonds is 7.